The summed E-state index contributed by atoms with van der Waals surface area (Å²) >= 11 is 0. The van der Waals surface area contributed by atoms with E-state index in [0.717, 1.165) is 6.07 Å². The van der Waals surface area contributed by atoms with Crippen molar-refractivity contribution in [2.45, 2.75) is 0 Å². The van der Waals surface area contributed by atoms with Gasteiger partial charge >= 0.3 is 6.98 Å². The SMILES string of the molecule is COc1cccc([B-](F)(F)F)c1C=O. The minimum absolute atomic E-state index is 0.0586. The van der Waals surface area contributed by atoms with E-state index in [9.17, 15) is 17.7 Å². The van der Waals surface area contributed by atoms with Gasteiger partial charge in [-0.1, -0.05) is 17.6 Å². The molecule has 0 fully saturated rings. The number of ether oxygens (including phenoxy) is 1. The largest absolute Gasteiger partial charge is 0.510 e. The summed E-state index contributed by atoms with van der Waals surface area (Å²) in [5, 5.41) is 0. The van der Waals surface area contributed by atoms with Gasteiger partial charge in [-0.3, -0.25) is 4.79 Å². The van der Waals surface area contributed by atoms with Gasteiger partial charge in [0.05, 0.1) is 7.11 Å². The van der Waals surface area contributed by atoms with Gasteiger partial charge in [-0.15, -0.1) is 0 Å². The molecule has 0 aliphatic carbocycles. The third kappa shape index (κ3) is 1.89. The van der Waals surface area contributed by atoms with Crippen LogP contribution in [0.5, 0.6) is 5.75 Å². The average molecular weight is 203 g/mol. The van der Waals surface area contributed by atoms with Gasteiger partial charge in [0.25, 0.3) is 0 Å². The van der Waals surface area contributed by atoms with E-state index in [1.165, 1.54) is 19.2 Å². The number of rotatable bonds is 3. The fraction of sp³-hybridized carbons (Fsp3) is 0.125. The van der Waals surface area contributed by atoms with Crippen LogP contribution in [-0.4, -0.2) is 20.4 Å². The fourth-order valence-corrected chi connectivity index (χ4v) is 1.15. The van der Waals surface area contributed by atoms with Crippen LogP contribution in [0.4, 0.5) is 12.9 Å². The molecule has 0 saturated carbocycles. The normalized spacial score (nSPS) is 11.1. The summed E-state index contributed by atoms with van der Waals surface area (Å²) < 4.78 is 41.9. The van der Waals surface area contributed by atoms with Gasteiger partial charge in [-0.2, -0.15) is 0 Å². The second kappa shape index (κ2) is 3.73. The Morgan fingerprint density at radius 3 is 2.43 bits per heavy atom. The Balaban J connectivity index is 3.37. The van der Waals surface area contributed by atoms with E-state index in [1.807, 2.05) is 0 Å². The Kier molecular flexibility index (Phi) is 2.83. The van der Waals surface area contributed by atoms with Crippen molar-refractivity contribution in [2.75, 3.05) is 7.11 Å². The lowest BCUT2D eigenvalue weighted by Crippen LogP contribution is -2.37. The lowest BCUT2D eigenvalue weighted by Gasteiger charge is -2.18. The minimum atomic E-state index is -5.18. The smallest absolute Gasteiger partial charge is 0.496 e. The molecule has 0 bridgehead atoms. The lowest BCUT2D eigenvalue weighted by molar-refractivity contribution is 0.112. The Morgan fingerprint density at radius 2 is 2.00 bits per heavy atom. The van der Waals surface area contributed by atoms with Crippen molar-refractivity contribution in [1.82, 2.24) is 0 Å². The Morgan fingerprint density at radius 1 is 1.36 bits per heavy atom. The zero-order chi connectivity index (χ0) is 10.8. The fourth-order valence-electron chi connectivity index (χ4n) is 1.15. The first-order valence-corrected chi connectivity index (χ1v) is 3.82. The van der Waals surface area contributed by atoms with Gasteiger partial charge in [-0.05, 0) is 6.07 Å². The molecule has 0 aliphatic heterocycles. The van der Waals surface area contributed by atoms with Gasteiger partial charge in [-0.25, -0.2) is 0 Å². The number of aldehydes is 1. The van der Waals surface area contributed by atoms with Crippen LogP contribution in [0.1, 0.15) is 10.4 Å². The van der Waals surface area contributed by atoms with Crippen LogP contribution in [0.15, 0.2) is 18.2 Å². The number of methoxy groups -OCH3 is 1. The Hall–Kier alpha value is -1.46. The predicted molar refractivity (Wildman–Crippen MR) is 47.1 cm³/mol. The molecule has 0 aromatic heterocycles. The van der Waals surface area contributed by atoms with Gasteiger partial charge in [0.2, 0.25) is 0 Å². The van der Waals surface area contributed by atoms with E-state index < -0.39 is 18.0 Å². The van der Waals surface area contributed by atoms with Crippen LogP contribution in [0.25, 0.3) is 0 Å². The number of carbonyl (C=O) groups excluding carboxylic acids is 1. The number of hydrogen-bond donors (Lipinski definition) is 0. The van der Waals surface area contributed by atoms with E-state index in [-0.39, 0.29) is 12.0 Å². The van der Waals surface area contributed by atoms with Crippen LogP contribution in [0, 0.1) is 0 Å². The van der Waals surface area contributed by atoms with Gasteiger partial charge in [0, 0.05) is 5.56 Å². The molecule has 1 aromatic rings. The van der Waals surface area contributed by atoms with Crippen LogP contribution in [0.2, 0.25) is 0 Å². The highest BCUT2D eigenvalue weighted by molar-refractivity contribution is 6.74. The molecule has 0 N–H and O–H groups in total. The molecule has 1 rings (SSSR count). The second-order valence-corrected chi connectivity index (χ2v) is 2.66. The zero-order valence-corrected chi connectivity index (χ0v) is 7.34. The highest BCUT2D eigenvalue weighted by atomic mass is 19.4. The van der Waals surface area contributed by atoms with E-state index in [0.29, 0.717) is 0 Å². The second-order valence-electron chi connectivity index (χ2n) is 2.66. The molecule has 0 unspecified atom stereocenters. The van der Waals surface area contributed by atoms with Crippen molar-refractivity contribution in [3.63, 3.8) is 0 Å². The molecule has 1 aromatic carbocycles. The molecule has 14 heavy (non-hydrogen) atoms. The third-order valence-corrected chi connectivity index (χ3v) is 1.79. The molecule has 6 heteroatoms. The van der Waals surface area contributed by atoms with Crippen molar-refractivity contribution < 1.29 is 22.5 Å². The summed E-state index contributed by atoms with van der Waals surface area (Å²) in [6.45, 7) is -5.18. The van der Waals surface area contributed by atoms with Gasteiger partial charge < -0.3 is 17.7 Å². The topological polar surface area (TPSA) is 26.3 Å². The monoisotopic (exact) mass is 203 g/mol. The molecule has 0 amide bonds. The number of carbonyl (C=O) groups is 1. The highest BCUT2D eigenvalue weighted by Gasteiger charge is 2.29. The molecule has 0 radical (unpaired) electrons. The van der Waals surface area contributed by atoms with E-state index in [1.54, 1.807) is 0 Å². The highest BCUT2D eigenvalue weighted by Crippen LogP contribution is 2.19. The zero-order valence-electron chi connectivity index (χ0n) is 7.34. The average Bonchev–Trinajstić information content (AvgIpc) is 2.15. The first kappa shape index (κ1) is 10.6. The maximum atomic E-state index is 12.4. The van der Waals surface area contributed by atoms with E-state index >= 15 is 0 Å². The molecule has 0 heterocycles. The molecule has 0 aliphatic rings. The molecular formula is C8H7BF3O2-. The van der Waals surface area contributed by atoms with Crippen molar-refractivity contribution in [3.05, 3.63) is 23.8 Å². The summed E-state index contributed by atoms with van der Waals surface area (Å²) in [6, 6.07) is 3.39. The van der Waals surface area contributed by atoms with Crippen LogP contribution >= 0.6 is 0 Å². The number of halogens is 3. The molecule has 0 atom stereocenters. The first-order chi connectivity index (χ1) is 6.50. The third-order valence-electron chi connectivity index (χ3n) is 1.79. The van der Waals surface area contributed by atoms with Crippen molar-refractivity contribution in [3.8, 4) is 5.75 Å². The standard InChI is InChI=1S/C8H7BF3O2/c1-14-8-4-2-3-7(6(8)5-13)9(10,11)12/h2-5H,1H3/q-1. The van der Waals surface area contributed by atoms with Gasteiger partial charge in [0.1, 0.15) is 5.75 Å². The summed E-state index contributed by atoms with van der Waals surface area (Å²) in [4.78, 5) is 10.5. The van der Waals surface area contributed by atoms with Crippen LogP contribution in [0.3, 0.4) is 0 Å². The quantitative estimate of drug-likeness (QED) is 0.550. The maximum Gasteiger partial charge on any atom is 0.510 e. The van der Waals surface area contributed by atoms with Crippen LogP contribution < -0.4 is 10.2 Å². The van der Waals surface area contributed by atoms with Crippen LogP contribution in [-0.2, 0) is 0 Å². The predicted octanol–water partition coefficient (Wildman–Crippen LogP) is 1.56. The molecule has 0 spiro atoms. The van der Waals surface area contributed by atoms with E-state index in [4.69, 9.17) is 0 Å². The molecule has 76 valence electrons. The lowest BCUT2D eigenvalue weighted by atomic mass is 9.77. The number of hydrogen-bond acceptors (Lipinski definition) is 2. The summed E-state index contributed by atoms with van der Waals surface area (Å²) in [5.41, 5.74) is -1.36. The minimum Gasteiger partial charge on any atom is -0.496 e. The van der Waals surface area contributed by atoms with Crippen molar-refractivity contribution >= 4 is 18.7 Å². The molecule has 0 saturated heterocycles. The molecular weight excluding hydrogens is 196 g/mol. The maximum absolute atomic E-state index is 12.4. The van der Waals surface area contributed by atoms with E-state index in [2.05, 4.69) is 4.74 Å². The molecule has 2 nitrogen and oxygen atoms in total. The summed E-state index contributed by atoms with van der Waals surface area (Å²) in [7, 11) is 1.22. The summed E-state index contributed by atoms with van der Waals surface area (Å²) in [5.74, 6) is -0.0586. The van der Waals surface area contributed by atoms with Crippen molar-refractivity contribution in [2.24, 2.45) is 0 Å². The summed E-state index contributed by atoms with van der Waals surface area (Å²) in [6.07, 6.45) is 0.156. The first-order valence-electron chi connectivity index (χ1n) is 3.82. The Bertz CT molecular complexity index is 349. The number of benzene rings is 1. The Labute approximate surface area is 78.7 Å². The van der Waals surface area contributed by atoms with Gasteiger partial charge in [0.15, 0.2) is 6.29 Å². The van der Waals surface area contributed by atoms with Crippen molar-refractivity contribution in [1.29, 1.82) is 0 Å².